The Morgan fingerprint density at radius 3 is 2.58 bits per heavy atom. The molecule has 0 bridgehead atoms. The molecule has 4 nitrogen and oxygen atoms in total. The molecule has 0 radical (unpaired) electrons. The average molecular weight is 280 g/mol. The molecule has 100 valence electrons. The van der Waals surface area contributed by atoms with Crippen LogP contribution >= 0.6 is 11.6 Å². The van der Waals surface area contributed by atoms with E-state index in [0.29, 0.717) is 28.6 Å². The van der Waals surface area contributed by atoms with Gasteiger partial charge in [0.2, 0.25) is 5.91 Å². The van der Waals surface area contributed by atoms with Crippen molar-refractivity contribution < 1.29 is 14.3 Å². The molecule has 0 saturated heterocycles. The molecule has 0 unspecified atom stereocenters. The third kappa shape index (κ3) is 2.63. The number of rotatable bonds is 3. The van der Waals surface area contributed by atoms with E-state index in [9.17, 15) is 9.59 Å². The van der Waals surface area contributed by atoms with Gasteiger partial charge in [0.1, 0.15) is 0 Å². The minimum absolute atomic E-state index is 0.0767. The molecular weight excluding hydrogens is 266 g/mol. The van der Waals surface area contributed by atoms with Crippen molar-refractivity contribution in [2.75, 3.05) is 11.5 Å². The summed E-state index contributed by atoms with van der Waals surface area (Å²) < 4.78 is 4.95. The molecule has 1 heterocycles. The molecule has 0 N–H and O–H groups in total. The van der Waals surface area contributed by atoms with Crippen LogP contribution in [0.4, 0.5) is 5.69 Å². The fraction of sp³-hybridized carbons (Fsp3) is 0.286. The molecule has 0 atom stereocenters. The Hall–Kier alpha value is -1.81. The molecule has 5 heteroatoms. The maximum atomic E-state index is 12.0. The maximum absolute atomic E-state index is 12.0. The quantitative estimate of drug-likeness (QED) is 0.799. The maximum Gasteiger partial charge on any atom is 0.336 e. The molecule has 1 aliphatic heterocycles. The minimum atomic E-state index is -0.426. The highest BCUT2D eigenvalue weighted by atomic mass is 35.5. The van der Waals surface area contributed by atoms with Crippen LogP contribution in [0.15, 0.2) is 35.5 Å². The van der Waals surface area contributed by atoms with Gasteiger partial charge < -0.3 is 4.74 Å². The van der Waals surface area contributed by atoms with Gasteiger partial charge in [0.25, 0.3) is 0 Å². The van der Waals surface area contributed by atoms with Crippen LogP contribution in [0, 0.1) is 0 Å². The molecule has 0 saturated carbocycles. The van der Waals surface area contributed by atoms with Crippen molar-refractivity contribution in [2.24, 2.45) is 0 Å². The molecule has 19 heavy (non-hydrogen) atoms. The number of halogens is 1. The lowest BCUT2D eigenvalue weighted by Crippen LogP contribution is -2.23. The fourth-order valence-corrected chi connectivity index (χ4v) is 2.17. The monoisotopic (exact) mass is 279 g/mol. The van der Waals surface area contributed by atoms with Gasteiger partial charge in [-0.3, -0.25) is 9.69 Å². The summed E-state index contributed by atoms with van der Waals surface area (Å²) in [7, 11) is 0. The Balaban J connectivity index is 2.33. The highest BCUT2D eigenvalue weighted by Crippen LogP contribution is 2.31. The van der Waals surface area contributed by atoms with Gasteiger partial charge in [0, 0.05) is 16.4 Å². The zero-order valence-corrected chi connectivity index (χ0v) is 11.5. The first-order valence-corrected chi connectivity index (χ1v) is 6.37. The number of benzene rings is 1. The smallest absolute Gasteiger partial charge is 0.336 e. The second kappa shape index (κ2) is 5.45. The Morgan fingerprint density at radius 2 is 2.00 bits per heavy atom. The van der Waals surface area contributed by atoms with Crippen molar-refractivity contribution >= 4 is 29.2 Å². The third-order valence-electron chi connectivity index (χ3n) is 2.96. The van der Waals surface area contributed by atoms with Crippen LogP contribution in [0.3, 0.4) is 0 Å². The molecule has 1 aliphatic rings. The summed E-state index contributed by atoms with van der Waals surface area (Å²) in [6, 6.07) is 6.91. The summed E-state index contributed by atoms with van der Waals surface area (Å²) in [5.74, 6) is -0.562. The van der Waals surface area contributed by atoms with E-state index in [0.717, 1.165) is 0 Å². The number of carbonyl (C=O) groups excluding carboxylic acids is 2. The largest absolute Gasteiger partial charge is 0.463 e. The lowest BCUT2D eigenvalue weighted by molar-refractivity contribution is -0.139. The van der Waals surface area contributed by atoms with Crippen molar-refractivity contribution in [1.29, 1.82) is 0 Å². The minimum Gasteiger partial charge on any atom is -0.463 e. The van der Waals surface area contributed by atoms with Gasteiger partial charge in [-0.1, -0.05) is 11.6 Å². The first kappa shape index (κ1) is 13.6. The summed E-state index contributed by atoms with van der Waals surface area (Å²) >= 11 is 5.82. The van der Waals surface area contributed by atoms with Gasteiger partial charge in [0.05, 0.1) is 18.6 Å². The molecule has 1 aromatic rings. The van der Waals surface area contributed by atoms with Gasteiger partial charge in [-0.15, -0.1) is 0 Å². The summed E-state index contributed by atoms with van der Waals surface area (Å²) in [5.41, 5.74) is 1.73. The van der Waals surface area contributed by atoms with Crippen LogP contribution in [0.2, 0.25) is 5.02 Å². The number of allylic oxidation sites excluding steroid dienone is 1. The number of hydrogen-bond acceptors (Lipinski definition) is 3. The second-order valence-electron chi connectivity index (χ2n) is 4.17. The number of nitrogens with zero attached hydrogens (tertiary/aromatic N) is 1. The van der Waals surface area contributed by atoms with Crippen LogP contribution < -0.4 is 4.90 Å². The van der Waals surface area contributed by atoms with Crippen molar-refractivity contribution in [2.45, 2.75) is 20.3 Å². The average Bonchev–Trinajstić information content (AvgIpc) is 2.67. The number of ether oxygens (including phenoxy) is 1. The van der Waals surface area contributed by atoms with E-state index in [1.165, 1.54) is 4.90 Å². The molecular formula is C14H14ClNO3. The van der Waals surface area contributed by atoms with Crippen molar-refractivity contribution in [1.82, 2.24) is 0 Å². The summed E-state index contributed by atoms with van der Waals surface area (Å²) in [6.45, 7) is 3.78. The topological polar surface area (TPSA) is 46.6 Å². The van der Waals surface area contributed by atoms with E-state index < -0.39 is 5.97 Å². The Bertz CT molecular complexity index is 548. The Labute approximate surface area is 116 Å². The number of amides is 1. The molecule has 1 aromatic carbocycles. The zero-order chi connectivity index (χ0) is 14.0. The number of esters is 1. The first-order valence-electron chi connectivity index (χ1n) is 6.00. The molecule has 1 amide bonds. The van der Waals surface area contributed by atoms with E-state index in [-0.39, 0.29) is 12.3 Å². The van der Waals surface area contributed by atoms with E-state index in [2.05, 4.69) is 0 Å². The van der Waals surface area contributed by atoms with Crippen molar-refractivity contribution in [3.63, 3.8) is 0 Å². The summed E-state index contributed by atoms with van der Waals surface area (Å²) in [5, 5.41) is 0.600. The molecule has 0 spiro atoms. The summed E-state index contributed by atoms with van der Waals surface area (Å²) in [4.78, 5) is 25.3. The Morgan fingerprint density at radius 1 is 1.37 bits per heavy atom. The van der Waals surface area contributed by atoms with Crippen LogP contribution in [-0.4, -0.2) is 18.5 Å². The highest BCUT2D eigenvalue weighted by molar-refractivity contribution is 6.30. The van der Waals surface area contributed by atoms with Gasteiger partial charge in [-0.25, -0.2) is 4.79 Å². The predicted molar refractivity (Wildman–Crippen MR) is 72.9 cm³/mol. The van der Waals surface area contributed by atoms with Gasteiger partial charge in [-0.05, 0) is 38.1 Å². The van der Waals surface area contributed by atoms with Crippen molar-refractivity contribution in [3.8, 4) is 0 Å². The van der Waals surface area contributed by atoms with Crippen LogP contribution in [0.1, 0.15) is 20.3 Å². The second-order valence-corrected chi connectivity index (χ2v) is 4.60. The number of hydrogen-bond donors (Lipinski definition) is 0. The van der Waals surface area contributed by atoms with Gasteiger partial charge in [-0.2, -0.15) is 0 Å². The van der Waals surface area contributed by atoms with E-state index >= 15 is 0 Å². The number of anilines is 1. The predicted octanol–water partition coefficient (Wildman–Crippen LogP) is 2.91. The lowest BCUT2D eigenvalue weighted by atomic mass is 10.2. The zero-order valence-electron chi connectivity index (χ0n) is 10.8. The van der Waals surface area contributed by atoms with Crippen LogP contribution in [0.5, 0.6) is 0 Å². The van der Waals surface area contributed by atoms with E-state index in [1.807, 2.05) is 0 Å². The normalized spacial score (nSPS) is 15.1. The van der Waals surface area contributed by atoms with Gasteiger partial charge in [0.15, 0.2) is 0 Å². The lowest BCUT2D eigenvalue weighted by Gasteiger charge is -2.18. The molecule has 0 aliphatic carbocycles. The first-order chi connectivity index (χ1) is 9.04. The van der Waals surface area contributed by atoms with Crippen LogP contribution in [0.25, 0.3) is 0 Å². The molecule has 0 fully saturated rings. The SMILES string of the molecule is CCOC(=O)C1=C(C)N(c2ccc(Cl)cc2)C(=O)C1. The highest BCUT2D eigenvalue weighted by Gasteiger charge is 2.32. The van der Waals surface area contributed by atoms with E-state index in [1.54, 1.807) is 38.1 Å². The third-order valence-corrected chi connectivity index (χ3v) is 3.21. The number of carbonyl (C=O) groups is 2. The Kier molecular flexibility index (Phi) is 3.90. The van der Waals surface area contributed by atoms with Gasteiger partial charge >= 0.3 is 5.97 Å². The molecule has 0 aromatic heterocycles. The van der Waals surface area contributed by atoms with Crippen molar-refractivity contribution in [3.05, 3.63) is 40.6 Å². The fourth-order valence-electron chi connectivity index (χ4n) is 2.05. The van der Waals surface area contributed by atoms with E-state index in [4.69, 9.17) is 16.3 Å². The standard InChI is InChI=1S/C14H14ClNO3/c1-3-19-14(18)12-8-13(17)16(9(12)2)11-6-4-10(15)5-7-11/h4-7H,3,8H2,1-2H3. The van der Waals surface area contributed by atoms with Crippen LogP contribution in [-0.2, 0) is 14.3 Å². The summed E-state index contributed by atoms with van der Waals surface area (Å²) in [6.07, 6.45) is 0.0767. The molecule has 2 rings (SSSR count).